The molecular formula is C27H26N2O5S. The Hall–Kier alpha value is -3.91. The number of benzene rings is 2. The van der Waals surface area contributed by atoms with Crippen molar-refractivity contribution in [1.29, 1.82) is 0 Å². The fraction of sp³-hybridized carbons (Fsp3) is 0.222. The van der Waals surface area contributed by atoms with E-state index in [0.29, 0.717) is 32.1 Å². The Morgan fingerprint density at radius 2 is 1.83 bits per heavy atom. The van der Waals surface area contributed by atoms with Crippen LogP contribution in [0.1, 0.15) is 31.0 Å². The summed E-state index contributed by atoms with van der Waals surface area (Å²) in [7, 11) is 3.14. The van der Waals surface area contributed by atoms with Gasteiger partial charge in [-0.3, -0.25) is 9.36 Å². The smallest absolute Gasteiger partial charge is 0.338 e. The third-order valence-electron chi connectivity index (χ3n) is 5.54. The van der Waals surface area contributed by atoms with E-state index in [1.165, 1.54) is 11.3 Å². The van der Waals surface area contributed by atoms with Crippen molar-refractivity contribution in [3.63, 3.8) is 0 Å². The third-order valence-corrected chi connectivity index (χ3v) is 6.52. The highest BCUT2D eigenvalue weighted by Crippen LogP contribution is 2.28. The second-order valence-corrected chi connectivity index (χ2v) is 8.74. The first-order valence-corrected chi connectivity index (χ1v) is 11.9. The minimum Gasteiger partial charge on any atom is -0.493 e. The summed E-state index contributed by atoms with van der Waals surface area (Å²) in [6.45, 7) is 3.75. The van der Waals surface area contributed by atoms with Gasteiger partial charge in [0.25, 0.3) is 5.56 Å². The van der Waals surface area contributed by atoms with E-state index in [1.54, 1.807) is 50.8 Å². The highest BCUT2D eigenvalue weighted by atomic mass is 32.1. The highest BCUT2D eigenvalue weighted by Gasteiger charge is 2.30. The van der Waals surface area contributed by atoms with Gasteiger partial charge in [-0.2, -0.15) is 0 Å². The van der Waals surface area contributed by atoms with E-state index in [1.807, 2.05) is 48.6 Å². The van der Waals surface area contributed by atoms with Gasteiger partial charge in [-0.05, 0) is 43.2 Å². The molecule has 8 heteroatoms. The lowest BCUT2D eigenvalue weighted by molar-refractivity contribution is -0.139. The lowest BCUT2D eigenvalue weighted by atomic mass is 10.0. The fourth-order valence-electron chi connectivity index (χ4n) is 3.88. The molecule has 0 saturated carbocycles. The first-order chi connectivity index (χ1) is 17.0. The molecule has 0 radical (unpaired) electrons. The SMILES string of the molecule is CCOC(=O)C1=C(C)N=c2sc(=Cc3ccc(OC)c(OC)c3)c(=O)n2[C@H]1/C=C\c1ccccc1. The van der Waals surface area contributed by atoms with Gasteiger partial charge in [0.05, 0.1) is 42.7 Å². The van der Waals surface area contributed by atoms with Crippen molar-refractivity contribution in [2.45, 2.75) is 19.9 Å². The molecule has 0 aliphatic carbocycles. The van der Waals surface area contributed by atoms with Crippen LogP contribution in [0.3, 0.4) is 0 Å². The Bertz CT molecular complexity index is 1480. The van der Waals surface area contributed by atoms with E-state index in [4.69, 9.17) is 14.2 Å². The van der Waals surface area contributed by atoms with Crippen LogP contribution in [0.15, 0.2) is 75.7 Å². The number of aromatic nitrogens is 1. The second kappa shape index (κ2) is 10.6. The molecule has 0 fully saturated rings. The van der Waals surface area contributed by atoms with Crippen molar-refractivity contribution < 1.29 is 19.0 Å². The standard InChI is InChI=1S/C27H26N2O5S/c1-5-34-26(31)24-17(2)28-27-29(20(24)13-11-18-9-7-6-8-10-18)25(30)23(35-27)16-19-12-14-21(32-3)22(15-19)33-4/h6-16,20H,5H2,1-4H3/b13-11-,23-16?/t20-/m0/s1. The maximum absolute atomic E-state index is 13.6. The molecule has 0 spiro atoms. The maximum Gasteiger partial charge on any atom is 0.338 e. The van der Waals surface area contributed by atoms with Gasteiger partial charge < -0.3 is 14.2 Å². The summed E-state index contributed by atoms with van der Waals surface area (Å²) in [6.07, 6.45) is 5.53. The number of nitrogens with zero attached hydrogens (tertiary/aromatic N) is 2. The van der Waals surface area contributed by atoms with Crippen LogP contribution >= 0.6 is 11.3 Å². The molecule has 1 aliphatic rings. The summed E-state index contributed by atoms with van der Waals surface area (Å²) in [5.74, 6) is 0.690. The molecule has 4 rings (SSSR count). The molecule has 2 aromatic carbocycles. The molecule has 0 unspecified atom stereocenters. The second-order valence-electron chi connectivity index (χ2n) is 7.73. The lowest BCUT2D eigenvalue weighted by Gasteiger charge is -2.21. The van der Waals surface area contributed by atoms with Crippen LogP contribution in [0.25, 0.3) is 12.2 Å². The summed E-state index contributed by atoms with van der Waals surface area (Å²) in [4.78, 5) is 31.5. The molecule has 35 heavy (non-hydrogen) atoms. The summed E-state index contributed by atoms with van der Waals surface area (Å²) in [5, 5.41) is 0. The molecule has 180 valence electrons. The number of carbonyl (C=O) groups excluding carboxylic acids is 1. The number of thiazole rings is 1. The average Bonchev–Trinajstić information content (AvgIpc) is 3.17. The van der Waals surface area contributed by atoms with Crippen LogP contribution in [0.5, 0.6) is 11.5 Å². The van der Waals surface area contributed by atoms with Gasteiger partial charge >= 0.3 is 5.97 Å². The van der Waals surface area contributed by atoms with Crippen LogP contribution in [-0.2, 0) is 9.53 Å². The van der Waals surface area contributed by atoms with Gasteiger partial charge in [-0.25, -0.2) is 9.79 Å². The Labute approximate surface area is 206 Å². The lowest BCUT2D eigenvalue weighted by Crippen LogP contribution is -2.38. The fourth-order valence-corrected chi connectivity index (χ4v) is 4.93. The van der Waals surface area contributed by atoms with Crippen LogP contribution in [-0.4, -0.2) is 31.4 Å². The molecule has 7 nitrogen and oxygen atoms in total. The minimum absolute atomic E-state index is 0.231. The molecule has 3 aromatic rings. The molecule has 0 amide bonds. The number of carbonyl (C=O) groups is 1. The van der Waals surface area contributed by atoms with Crippen LogP contribution in [0.2, 0.25) is 0 Å². The van der Waals surface area contributed by atoms with Gasteiger partial charge in [0.2, 0.25) is 0 Å². The molecular weight excluding hydrogens is 464 g/mol. The van der Waals surface area contributed by atoms with Gasteiger partial charge in [-0.15, -0.1) is 0 Å². The Balaban J connectivity index is 1.86. The maximum atomic E-state index is 13.6. The zero-order valence-corrected chi connectivity index (χ0v) is 20.8. The summed E-state index contributed by atoms with van der Waals surface area (Å²) < 4.78 is 18.0. The normalized spacial score (nSPS) is 15.7. The minimum atomic E-state index is -0.641. The van der Waals surface area contributed by atoms with Crippen molar-refractivity contribution in [3.05, 3.63) is 96.7 Å². The number of esters is 1. The topological polar surface area (TPSA) is 79.1 Å². The number of ether oxygens (including phenoxy) is 3. The van der Waals surface area contributed by atoms with Gasteiger partial charge in [0, 0.05) is 0 Å². The van der Waals surface area contributed by atoms with E-state index in [9.17, 15) is 9.59 Å². The van der Waals surface area contributed by atoms with Crippen molar-refractivity contribution in [3.8, 4) is 11.5 Å². The van der Waals surface area contributed by atoms with Crippen LogP contribution in [0.4, 0.5) is 0 Å². The van der Waals surface area contributed by atoms with Gasteiger partial charge in [0.1, 0.15) is 0 Å². The average molecular weight is 491 g/mol. The zero-order valence-electron chi connectivity index (χ0n) is 20.0. The molecule has 0 N–H and O–H groups in total. The predicted molar refractivity (Wildman–Crippen MR) is 136 cm³/mol. The van der Waals surface area contributed by atoms with Crippen LogP contribution in [0, 0.1) is 0 Å². The first kappa shape index (κ1) is 24.2. The largest absolute Gasteiger partial charge is 0.493 e. The van der Waals surface area contributed by atoms with E-state index in [-0.39, 0.29) is 12.2 Å². The molecule has 0 saturated heterocycles. The number of hydrogen-bond acceptors (Lipinski definition) is 7. The summed E-state index contributed by atoms with van der Waals surface area (Å²) >= 11 is 1.27. The number of methoxy groups -OCH3 is 2. The zero-order chi connectivity index (χ0) is 24.9. The number of allylic oxidation sites excluding steroid dienone is 2. The van der Waals surface area contributed by atoms with Crippen molar-refractivity contribution in [2.24, 2.45) is 4.99 Å². The third kappa shape index (κ3) is 4.97. The Morgan fingerprint density at radius 3 is 2.51 bits per heavy atom. The van der Waals surface area contributed by atoms with E-state index >= 15 is 0 Å². The van der Waals surface area contributed by atoms with E-state index in [2.05, 4.69) is 4.99 Å². The van der Waals surface area contributed by atoms with Gasteiger partial charge in [0.15, 0.2) is 16.3 Å². The number of hydrogen-bond donors (Lipinski definition) is 0. The monoisotopic (exact) mass is 490 g/mol. The van der Waals surface area contributed by atoms with Crippen molar-refractivity contribution in [2.75, 3.05) is 20.8 Å². The van der Waals surface area contributed by atoms with Crippen LogP contribution < -0.4 is 24.4 Å². The van der Waals surface area contributed by atoms with Crippen molar-refractivity contribution >= 4 is 29.5 Å². The summed E-state index contributed by atoms with van der Waals surface area (Å²) in [6, 6.07) is 14.5. The molecule has 1 atom stereocenters. The summed E-state index contributed by atoms with van der Waals surface area (Å²) in [5.41, 5.74) is 2.39. The molecule has 0 bridgehead atoms. The molecule has 2 heterocycles. The Morgan fingerprint density at radius 1 is 1.09 bits per heavy atom. The number of fused-ring (bicyclic) bond motifs is 1. The Kier molecular flexibility index (Phi) is 7.31. The van der Waals surface area contributed by atoms with Crippen molar-refractivity contribution in [1.82, 2.24) is 4.57 Å². The van der Waals surface area contributed by atoms with E-state index in [0.717, 1.165) is 11.1 Å². The van der Waals surface area contributed by atoms with E-state index < -0.39 is 12.0 Å². The quantitative estimate of drug-likeness (QED) is 0.474. The van der Waals surface area contributed by atoms with Gasteiger partial charge in [-0.1, -0.05) is 59.9 Å². The molecule has 1 aliphatic heterocycles. The highest BCUT2D eigenvalue weighted by molar-refractivity contribution is 7.07. The first-order valence-electron chi connectivity index (χ1n) is 11.1. The predicted octanol–water partition coefficient (Wildman–Crippen LogP) is 3.48. The number of rotatable bonds is 7. The molecule has 1 aromatic heterocycles.